The maximum Gasteiger partial charge on any atom is 0.230 e. The van der Waals surface area contributed by atoms with Crippen LogP contribution in [0.1, 0.15) is 23.6 Å². The Kier molecular flexibility index (Phi) is 3.61. The summed E-state index contributed by atoms with van der Waals surface area (Å²) in [4.78, 5) is 22.0. The molecule has 0 unspecified atom stereocenters. The number of carbonyl (C=O) groups is 2. The second-order valence-corrected chi connectivity index (χ2v) is 3.71. The van der Waals surface area contributed by atoms with Crippen LogP contribution in [0.2, 0.25) is 0 Å². The Labute approximate surface area is 89.5 Å². The molecule has 0 saturated carbocycles. The Morgan fingerprint density at radius 3 is 2.53 bits per heavy atom. The SMILES string of the molecule is CC(=O)NC(=O)Cc1cc(C)ccc1C. The normalized spacial score (nSPS) is 9.80. The average Bonchev–Trinajstić information content (AvgIpc) is 2.10. The molecule has 0 saturated heterocycles. The van der Waals surface area contributed by atoms with Crippen LogP contribution in [0.3, 0.4) is 0 Å². The van der Waals surface area contributed by atoms with E-state index in [-0.39, 0.29) is 18.2 Å². The summed E-state index contributed by atoms with van der Waals surface area (Å²) in [6.45, 7) is 5.27. The minimum absolute atomic E-state index is 0.254. The summed E-state index contributed by atoms with van der Waals surface area (Å²) in [5.74, 6) is -0.568. The third kappa shape index (κ3) is 3.54. The highest BCUT2D eigenvalue weighted by molar-refractivity contribution is 5.95. The van der Waals surface area contributed by atoms with Crippen molar-refractivity contribution in [2.75, 3.05) is 0 Å². The highest BCUT2D eigenvalue weighted by atomic mass is 16.2. The first kappa shape index (κ1) is 11.4. The molecule has 0 aliphatic heterocycles. The fourth-order valence-corrected chi connectivity index (χ4v) is 1.40. The number of carbonyl (C=O) groups excluding carboxylic acids is 2. The zero-order chi connectivity index (χ0) is 11.4. The number of hydrogen-bond donors (Lipinski definition) is 1. The highest BCUT2D eigenvalue weighted by Gasteiger charge is 2.07. The zero-order valence-electron chi connectivity index (χ0n) is 9.26. The Balaban J connectivity index is 2.76. The van der Waals surface area contributed by atoms with Gasteiger partial charge in [0.15, 0.2) is 0 Å². The minimum atomic E-state index is -0.315. The van der Waals surface area contributed by atoms with Crippen LogP contribution in [0.25, 0.3) is 0 Å². The molecule has 1 N–H and O–H groups in total. The van der Waals surface area contributed by atoms with E-state index in [4.69, 9.17) is 0 Å². The second-order valence-electron chi connectivity index (χ2n) is 3.71. The molecule has 0 atom stereocenters. The van der Waals surface area contributed by atoms with Crippen LogP contribution in [-0.2, 0) is 16.0 Å². The fraction of sp³-hybridized carbons (Fsp3) is 0.333. The van der Waals surface area contributed by atoms with E-state index in [1.165, 1.54) is 6.92 Å². The van der Waals surface area contributed by atoms with E-state index in [1.54, 1.807) is 0 Å². The molecule has 2 amide bonds. The summed E-state index contributed by atoms with van der Waals surface area (Å²) in [6, 6.07) is 5.95. The predicted octanol–water partition coefficient (Wildman–Crippen LogP) is 1.51. The smallest absolute Gasteiger partial charge is 0.230 e. The van der Waals surface area contributed by atoms with Gasteiger partial charge in [0.25, 0.3) is 0 Å². The summed E-state index contributed by atoms with van der Waals surface area (Å²) in [5.41, 5.74) is 3.15. The van der Waals surface area contributed by atoms with Crippen LogP contribution in [0.15, 0.2) is 18.2 Å². The number of nitrogens with one attached hydrogen (secondary N) is 1. The van der Waals surface area contributed by atoms with Gasteiger partial charge in [-0.1, -0.05) is 23.8 Å². The van der Waals surface area contributed by atoms with Gasteiger partial charge in [-0.05, 0) is 25.0 Å². The molecule has 0 aliphatic rings. The number of hydrogen-bond acceptors (Lipinski definition) is 2. The van der Waals surface area contributed by atoms with Gasteiger partial charge < -0.3 is 0 Å². The minimum Gasteiger partial charge on any atom is -0.296 e. The molecule has 1 rings (SSSR count). The Hall–Kier alpha value is -1.64. The van der Waals surface area contributed by atoms with E-state index >= 15 is 0 Å². The molecule has 0 aromatic heterocycles. The van der Waals surface area contributed by atoms with Crippen LogP contribution in [0.4, 0.5) is 0 Å². The molecule has 0 bridgehead atoms. The van der Waals surface area contributed by atoms with Crippen molar-refractivity contribution in [1.29, 1.82) is 0 Å². The van der Waals surface area contributed by atoms with Gasteiger partial charge in [0.05, 0.1) is 6.42 Å². The summed E-state index contributed by atoms with van der Waals surface area (Å²) in [5, 5.41) is 2.26. The Bertz CT molecular complexity index is 397. The largest absolute Gasteiger partial charge is 0.296 e. The number of benzene rings is 1. The summed E-state index contributed by atoms with van der Waals surface area (Å²) < 4.78 is 0. The molecular formula is C12H15NO2. The first-order chi connectivity index (χ1) is 6.99. The van der Waals surface area contributed by atoms with Gasteiger partial charge in [0.1, 0.15) is 0 Å². The van der Waals surface area contributed by atoms with Crippen molar-refractivity contribution < 1.29 is 9.59 Å². The van der Waals surface area contributed by atoms with Crippen molar-refractivity contribution in [3.05, 3.63) is 34.9 Å². The molecule has 1 aromatic carbocycles. The van der Waals surface area contributed by atoms with Gasteiger partial charge in [-0.25, -0.2) is 0 Å². The molecule has 80 valence electrons. The average molecular weight is 205 g/mol. The van der Waals surface area contributed by atoms with Gasteiger partial charge in [-0.15, -0.1) is 0 Å². The Morgan fingerprint density at radius 1 is 1.27 bits per heavy atom. The van der Waals surface area contributed by atoms with E-state index in [0.717, 1.165) is 16.7 Å². The topological polar surface area (TPSA) is 46.2 Å². The van der Waals surface area contributed by atoms with Crippen molar-refractivity contribution in [3.63, 3.8) is 0 Å². The van der Waals surface area contributed by atoms with Crippen LogP contribution < -0.4 is 5.32 Å². The molecular weight excluding hydrogens is 190 g/mol. The van der Waals surface area contributed by atoms with Crippen molar-refractivity contribution in [1.82, 2.24) is 5.32 Å². The van der Waals surface area contributed by atoms with Crippen LogP contribution >= 0.6 is 0 Å². The van der Waals surface area contributed by atoms with E-state index in [0.29, 0.717) is 0 Å². The zero-order valence-corrected chi connectivity index (χ0v) is 9.26. The van der Waals surface area contributed by atoms with Crippen LogP contribution in [-0.4, -0.2) is 11.8 Å². The maximum atomic E-state index is 11.4. The lowest BCUT2D eigenvalue weighted by Crippen LogP contribution is -2.29. The lowest BCUT2D eigenvalue weighted by Gasteiger charge is -2.06. The van der Waals surface area contributed by atoms with E-state index in [9.17, 15) is 9.59 Å². The molecule has 0 heterocycles. The molecule has 1 aromatic rings. The molecule has 0 fully saturated rings. The van der Waals surface area contributed by atoms with Gasteiger partial charge in [0, 0.05) is 6.92 Å². The highest BCUT2D eigenvalue weighted by Crippen LogP contribution is 2.11. The molecule has 3 nitrogen and oxygen atoms in total. The maximum absolute atomic E-state index is 11.4. The predicted molar refractivity (Wildman–Crippen MR) is 58.4 cm³/mol. The van der Waals surface area contributed by atoms with Crippen LogP contribution in [0.5, 0.6) is 0 Å². The van der Waals surface area contributed by atoms with Crippen molar-refractivity contribution in [2.45, 2.75) is 27.2 Å². The standard InChI is InChI=1S/C12H15NO2/c1-8-4-5-9(2)11(6-8)7-12(15)13-10(3)14/h4-6H,7H2,1-3H3,(H,13,14,15). The first-order valence-electron chi connectivity index (χ1n) is 4.85. The first-order valence-corrected chi connectivity index (χ1v) is 4.85. The third-order valence-electron chi connectivity index (χ3n) is 2.17. The number of imide groups is 1. The van der Waals surface area contributed by atoms with Crippen LogP contribution in [0, 0.1) is 13.8 Å². The van der Waals surface area contributed by atoms with E-state index in [2.05, 4.69) is 5.32 Å². The van der Waals surface area contributed by atoms with Crippen molar-refractivity contribution >= 4 is 11.8 Å². The molecule has 3 heteroatoms. The van der Waals surface area contributed by atoms with Gasteiger partial charge >= 0.3 is 0 Å². The van der Waals surface area contributed by atoms with Gasteiger partial charge in [-0.2, -0.15) is 0 Å². The molecule has 15 heavy (non-hydrogen) atoms. The number of amides is 2. The van der Waals surface area contributed by atoms with Gasteiger partial charge in [0.2, 0.25) is 11.8 Å². The number of rotatable bonds is 2. The second kappa shape index (κ2) is 4.73. The lowest BCUT2D eigenvalue weighted by atomic mass is 10.0. The quantitative estimate of drug-likeness (QED) is 0.795. The summed E-state index contributed by atoms with van der Waals surface area (Å²) in [7, 11) is 0. The molecule has 0 spiro atoms. The van der Waals surface area contributed by atoms with Crippen molar-refractivity contribution in [3.8, 4) is 0 Å². The van der Waals surface area contributed by atoms with E-state index in [1.807, 2.05) is 32.0 Å². The Morgan fingerprint density at radius 2 is 1.93 bits per heavy atom. The molecule has 0 radical (unpaired) electrons. The fourth-order valence-electron chi connectivity index (χ4n) is 1.40. The van der Waals surface area contributed by atoms with Gasteiger partial charge in [-0.3, -0.25) is 14.9 Å². The van der Waals surface area contributed by atoms with Crippen molar-refractivity contribution in [2.24, 2.45) is 0 Å². The lowest BCUT2D eigenvalue weighted by molar-refractivity contribution is -0.128. The monoisotopic (exact) mass is 205 g/mol. The molecule has 0 aliphatic carbocycles. The summed E-state index contributed by atoms with van der Waals surface area (Å²) >= 11 is 0. The third-order valence-corrected chi connectivity index (χ3v) is 2.17. The summed E-state index contributed by atoms with van der Waals surface area (Å²) in [6.07, 6.45) is 0.257. The van der Waals surface area contributed by atoms with E-state index < -0.39 is 0 Å². The number of aryl methyl sites for hydroxylation is 2.